The van der Waals surface area contributed by atoms with Gasteiger partial charge in [-0.25, -0.2) is 4.98 Å². The summed E-state index contributed by atoms with van der Waals surface area (Å²) in [4.78, 5) is 20.0. The fraction of sp³-hybridized carbons (Fsp3) is 0.688. The van der Waals surface area contributed by atoms with Crippen molar-refractivity contribution in [2.24, 2.45) is 11.7 Å². The number of rotatable bonds is 4. The SMILES string of the molecule is [2H]C1C(O)C(C)C([2H])([2H])C([2H])C1Nc1nc(NC(C)(C)C)ncc1C(N)=O. The maximum atomic E-state index is 11.7. The Hall–Kier alpha value is -1.89. The number of primary amides is 1. The van der Waals surface area contributed by atoms with Crippen LogP contribution in [0.1, 0.15) is 62.7 Å². The average molecular weight is 325 g/mol. The molecule has 1 amide bonds. The van der Waals surface area contributed by atoms with Gasteiger partial charge in [-0.2, -0.15) is 4.98 Å². The molecule has 0 saturated heterocycles. The normalized spacial score (nSPS) is 36.1. The zero-order valence-electron chi connectivity index (χ0n) is 17.8. The summed E-state index contributed by atoms with van der Waals surface area (Å²) in [5.74, 6) is -1.46. The van der Waals surface area contributed by atoms with Gasteiger partial charge in [0.15, 0.2) is 0 Å². The summed E-state index contributed by atoms with van der Waals surface area (Å²) in [5, 5.41) is 16.1. The van der Waals surface area contributed by atoms with Crippen LogP contribution in [0.15, 0.2) is 6.20 Å². The van der Waals surface area contributed by atoms with Gasteiger partial charge in [-0.3, -0.25) is 4.79 Å². The van der Waals surface area contributed by atoms with E-state index in [-0.39, 0.29) is 22.9 Å². The number of nitrogens with two attached hydrogens (primary N) is 1. The number of amides is 1. The third-order valence-electron chi connectivity index (χ3n) is 3.30. The Bertz CT molecular complexity index is 713. The van der Waals surface area contributed by atoms with Gasteiger partial charge in [0.1, 0.15) is 5.82 Å². The maximum Gasteiger partial charge on any atom is 0.254 e. The summed E-state index contributed by atoms with van der Waals surface area (Å²) in [7, 11) is 0. The Morgan fingerprint density at radius 2 is 2.22 bits per heavy atom. The molecular formula is C16H27N5O2. The van der Waals surface area contributed by atoms with E-state index in [2.05, 4.69) is 20.6 Å². The summed E-state index contributed by atoms with van der Waals surface area (Å²) < 4.78 is 32.7. The van der Waals surface area contributed by atoms with E-state index in [0.717, 1.165) is 0 Å². The predicted octanol–water partition coefficient (Wildman–Crippen LogP) is 1.75. The van der Waals surface area contributed by atoms with E-state index in [1.165, 1.54) is 13.1 Å². The van der Waals surface area contributed by atoms with E-state index >= 15 is 0 Å². The van der Waals surface area contributed by atoms with Gasteiger partial charge >= 0.3 is 0 Å². The van der Waals surface area contributed by atoms with Crippen LogP contribution < -0.4 is 16.4 Å². The largest absolute Gasteiger partial charge is 0.393 e. The molecule has 1 saturated carbocycles. The Morgan fingerprint density at radius 1 is 1.52 bits per heavy atom. The van der Waals surface area contributed by atoms with Crippen LogP contribution >= 0.6 is 0 Å². The minimum atomic E-state index is -2.03. The molecule has 1 aromatic rings. The minimum absolute atomic E-state index is 0.00121. The van der Waals surface area contributed by atoms with Gasteiger partial charge in [-0.1, -0.05) is 6.92 Å². The van der Waals surface area contributed by atoms with Crippen LogP contribution in [0.4, 0.5) is 11.8 Å². The zero-order chi connectivity index (χ0) is 20.7. The standard InChI is InChI=1S/C16H27N5O2/c1-9-5-6-10(7-12(9)22)19-14-11(13(17)23)8-18-15(20-14)21-16(2,3)4/h8-10,12,22H,5-7H2,1-4H3,(H2,17,23)(H2,18,19,20,21)/i5D2,6D,7D. The van der Waals surface area contributed by atoms with E-state index in [9.17, 15) is 9.90 Å². The number of hydrogen-bond acceptors (Lipinski definition) is 6. The fourth-order valence-electron chi connectivity index (χ4n) is 2.10. The number of aromatic nitrogens is 2. The van der Waals surface area contributed by atoms with Crippen molar-refractivity contribution >= 4 is 17.7 Å². The lowest BCUT2D eigenvalue weighted by Crippen LogP contribution is -2.36. The maximum absolute atomic E-state index is 11.7. The molecule has 2 rings (SSSR count). The highest BCUT2D eigenvalue weighted by Gasteiger charge is 2.27. The monoisotopic (exact) mass is 325 g/mol. The minimum Gasteiger partial charge on any atom is -0.393 e. The molecule has 1 heterocycles. The van der Waals surface area contributed by atoms with Crippen LogP contribution in [0, 0.1) is 5.92 Å². The second-order valence-electron chi connectivity index (χ2n) is 6.67. The van der Waals surface area contributed by atoms with Gasteiger partial charge in [0.2, 0.25) is 5.95 Å². The Kier molecular flexibility index (Phi) is 3.65. The first kappa shape index (κ1) is 12.5. The van der Waals surface area contributed by atoms with Crippen LogP contribution in [-0.2, 0) is 0 Å². The van der Waals surface area contributed by atoms with E-state index < -0.39 is 43.1 Å². The first-order chi connectivity index (χ1) is 12.3. The van der Waals surface area contributed by atoms with Crippen LogP contribution in [0.5, 0.6) is 0 Å². The lowest BCUT2D eigenvalue weighted by molar-refractivity contribution is 0.0739. The zero-order valence-corrected chi connectivity index (χ0v) is 13.8. The average Bonchev–Trinajstić information content (AvgIpc) is 2.54. The van der Waals surface area contributed by atoms with E-state index in [1.807, 2.05) is 20.8 Å². The molecule has 128 valence electrons. The Morgan fingerprint density at radius 3 is 2.83 bits per heavy atom. The first-order valence-electron chi connectivity index (χ1n) is 9.65. The van der Waals surface area contributed by atoms with Gasteiger partial charge in [0.05, 0.1) is 11.7 Å². The van der Waals surface area contributed by atoms with E-state index in [1.54, 1.807) is 0 Å². The third-order valence-corrected chi connectivity index (χ3v) is 3.30. The van der Waals surface area contributed by atoms with Crippen molar-refractivity contribution in [3.05, 3.63) is 11.8 Å². The smallest absolute Gasteiger partial charge is 0.254 e. The number of nitrogens with zero attached hydrogens (tertiary/aromatic N) is 2. The molecule has 5 atom stereocenters. The van der Waals surface area contributed by atoms with Crippen molar-refractivity contribution in [2.45, 2.75) is 64.5 Å². The third kappa shape index (κ3) is 4.79. The molecule has 1 aliphatic rings. The summed E-state index contributed by atoms with van der Waals surface area (Å²) in [5.41, 5.74) is 4.98. The molecule has 0 aromatic carbocycles. The second-order valence-corrected chi connectivity index (χ2v) is 6.67. The highest BCUT2D eigenvalue weighted by molar-refractivity contribution is 5.97. The number of carbonyl (C=O) groups excluding carboxylic acids is 1. The topological polar surface area (TPSA) is 113 Å². The molecule has 5 unspecified atom stereocenters. The van der Waals surface area contributed by atoms with Gasteiger partial charge in [0.25, 0.3) is 5.91 Å². The van der Waals surface area contributed by atoms with Crippen molar-refractivity contribution in [1.82, 2.24) is 9.97 Å². The van der Waals surface area contributed by atoms with Gasteiger partial charge < -0.3 is 21.5 Å². The van der Waals surface area contributed by atoms with Crippen molar-refractivity contribution in [3.8, 4) is 0 Å². The summed E-state index contributed by atoms with van der Waals surface area (Å²) in [6, 6.07) is -1.10. The molecule has 1 aromatic heterocycles. The quantitative estimate of drug-likeness (QED) is 0.671. The summed E-state index contributed by atoms with van der Waals surface area (Å²) in [6.07, 6.45) is -4.60. The van der Waals surface area contributed by atoms with E-state index in [4.69, 9.17) is 11.2 Å². The predicted molar refractivity (Wildman–Crippen MR) is 90.4 cm³/mol. The molecule has 1 aliphatic carbocycles. The Labute approximate surface area is 142 Å². The van der Waals surface area contributed by atoms with Crippen LogP contribution in [-0.4, -0.2) is 38.7 Å². The van der Waals surface area contributed by atoms with Crippen molar-refractivity contribution in [3.63, 3.8) is 0 Å². The molecule has 7 nitrogen and oxygen atoms in total. The number of hydrogen-bond donors (Lipinski definition) is 4. The van der Waals surface area contributed by atoms with Crippen molar-refractivity contribution in [2.75, 3.05) is 10.6 Å². The lowest BCUT2D eigenvalue weighted by Gasteiger charge is -2.32. The molecule has 1 fully saturated rings. The number of anilines is 2. The molecule has 5 N–H and O–H groups in total. The lowest BCUT2D eigenvalue weighted by atomic mass is 9.85. The molecule has 0 spiro atoms. The van der Waals surface area contributed by atoms with E-state index in [0.29, 0.717) is 0 Å². The highest BCUT2D eigenvalue weighted by Crippen LogP contribution is 2.27. The molecular weight excluding hydrogens is 294 g/mol. The van der Waals surface area contributed by atoms with Gasteiger partial charge in [-0.05, 0) is 45.9 Å². The second kappa shape index (κ2) is 6.70. The van der Waals surface area contributed by atoms with Gasteiger partial charge in [-0.15, -0.1) is 0 Å². The molecule has 0 radical (unpaired) electrons. The van der Waals surface area contributed by atoms with Crippen molar-refractivity contribution in [1.29, 1.82) is 0 Å². The number of aliphatic hydroxyl groups excluding tert-OH is 1. The molecule has 0 aliphatic heterocycles. The molecule has 23 heavy (non-hydrogen) atoms. The summed E-state index contributed by atoms with van der Waals surface area (Å²) >= 11 is 0. The highest BCUT2D eigenvalue weighted by atomic mass is 16.3. The number of aliphatic hydroxyl groups is 1. The number of nitrogens with one attached hydrogen (secondary N) is 2. The van der Waals surface area contributed by atoms with Crippen LogP contribution in [0.3, 0.4) is 0 Å². The molecule has 7 heteroatoms. The fourth-order valence-corrected chi connectivity index (χ4v) is 2.10. The Balaban J connectivity index is 2.41. The summed E-state index contributed by atoms with van der Waals surface area (Å²) in [6.45, 7) is 7.19. The first-order valence-corrected chi connectivity index (χ1v) is 7.50. The van der Waals surface area contributed by atoms with Gasteiger partial charge in [0, 0.05) is 23.3 Å². The number of carbonyl (C=O) groups is 1. The van der Waals surface area contributed by atoms with Crippen LogP contribution in [0.25, 0.3) is 0 Å². The van der Waals surface area contributed by atoms with Crippen molar-refractivity contribution < 1.29 is 15.4 Å². The van der Waals surface area contributed by atoms with Crippen LogP contribution in [0.2, 0.25) is 0 Å². The molecule has 0 bridgehead atoms.